The highest BCUT2D eigenvalue weighted by molar-refractivity contribution is 8.00. The van der Waals surface area contributed by atoms with Gasteiger partial charge in [-0.3, -0.25) is 43.2 Å². The molecule has 2 saturated heterocycles. The highest BCUT2D eigenvalue weighted by atomic mass is 32.2. The number of fused-ring (bicyclic) bond motifs is 1. The van der Waals surface area contributed by atoms with E-state index in [0.717, 1.165) is 73.9 Å². The second-order valence-corrected chi connectivity index (χ2v) is 24.2. The van der Waals surface area contributed by atoms with Crippen molar-refractivity contribution in [3.63, 3.8) is 0 Å². The van der Waals surface area contributed by atoms with E-state index in [-0.39, 0.29) is 120 Å². The fourth-order valence-electron chi connectivity index (χ4n) is 10.3. The molecule has 1 unspecified atom stereocenters. The Balaban J connectivity index is 0.000000490. The number of amides is 10. The summed E-state index contributed by atoms with van der Waals surface area (Å²) in [6.07, 6.45) is 11.6. The van der Waals surface area contributed by atoms with Crippen LogP contribution in [0.1, 0.15) is 115 Å². The second kappa shape index (κ2) is 44.2. The molecule has 10 amide bonds. The number of hydrogen-bond acceptors (Lipinski definition) is 14. The monoisotopic (exact) mass is 1280 g/mol. The van der Waals surface area contributed by atoms with Crippen molar-refractivity contribution in [2.24, 2.45) is 0 Å². The van der Waals surface area contributed by atoms with Gasteiger partial charge in [-0.1, -0.05) is 130 Å². The van der Waals surface area contributed by atoms with E-state index in [0.29, 0.717) is 24.6 Å². The van der Waals surface area contributed by atoms with Gasteiger partial charge in [-0.15, -0.1) is 0 Å². The number of nitrogens with one attached hydrogen (secondary N) is 4. The summed E-state index contributed by atoms with van der Waals surface area (Å²) in [6.45, 7) is 5.12. The third-order valence-electron chi connectivity index (χ3n) is 15.4. The highest BCUT2D eigenvalue weighted by Crippen LogP contribution is 2.33. The number of ether oxygens (including phenoxy) is 3. The van der Waals surface area contributed by atoms with E-state index < -0.39 is 49.2 Å². The molecule has 2 aliphatic rings. The van der Waals surface area contributed by atoms with Gasteiger partial charge in [-0.2, -0.15) is 11.8 Å². The molecule has 0 aliphatic carbocycles. The first-order valence-corrected chi connectivity index (χ1v) is 32.9. The smallest absolute Gasteiger partial charge is 0.315 e. The molecule has 3 aromatic rings. The van der Waals surface area contributed by atoms with Crippen LogP contribution in [0, 0.1) is 0 Å². The maximum Gasteiger partial charge on any atom is 0.315 e. The molecule has 0 aromatic heterocycles. The highest BCUT2D eigenvalue weighted by Gasteiger charge is 2.42. The Bertz CT molecular complexity index is 2700. The van der Waals surface area contributed by atoms with Gasteiger partial charge in [0.1, 0.15) is 18.9 Å². The molecule has 3 aromatic carbocycles. The van der Waals surface area contributed by atoms with Crippen molar-refractivity contribution in [1.82, 2.24) is 50.7 Å². The molecular formula is C67H100N10O13S. The molecule has 2 fully saturated rings. The number of rotatable bonds is 43. The summed E-state index contributed by atoms with van der Waals surface area (Å²) in [5, 5.41) is 12.4. The lowest BCUT2D eigenvalue weighted by Crippen LogP contribution is -2.52. The minimum Gasteiger partial charge on any atom is -0.383 e. The second-order valence-electron chi connectivity index (χ2n) is 22.9. The number of ketones is 1. The van der Waals surface area contributed by atoms with Crippen molar-refractivity contribution >= 4 is 70.8 Å². The van der Waals surface area contributed by atoms with Crippen molar-refractivity contribution in [1.29, 1.82) is 0 Å². The quantitative estimate of drug-likeness (QED) is 0.0420. The summed E-state index contributed by atoms with van der Waals surface area (Å²) in [7, 11) is 4.42. The van der Waals surface area contributed by atoms with Gasteiger partial charge in [0.15, 0.2) is 0 Å². The first-order chi connectivity index (χ1) is 43.9. The first kappa shape index (κ1) is 76.0. The summed E-state index contributed by atoms with van der Waals surface area (Å²) in [4.78, 5) is 138. The van der Waals surface area contributed by atoms with E-state index in [1.807, 2.05) is 78.5 Å². The number of unbranched alkanes of at least 4 members (excludes halogenated alkanes) is 6. The van der Waals surface area contributed by atoms with E-state index in [2.05, 4.69) is 28.2 Å². The Morgan fingerprint density at radius 2 is 0.868 bits per heavy atom. The summed E-state index contributed by atoms with van der Waals surface area (Å²) >= 11 is 1.92. The van der Waals surface area contributed by atoms with Crippen molar-refractivity contribution < 1.29 is 62.2 Å². The molecule has 2 aliphatic heterocycles. The molecule has 5 rings (SSSR count). The van der Waals surface area contributed by atoms with E-state index >= 15 is 0 Å². The van der Waals surface area contributed by atoms with Crippen LogP contribution in [0.4, 0.5) is 4.79 Å². The fraction of sp³-hybridized carbons (Fsp3) is 0.582. The van der Waals surface area contributed by atoms with Crippen LogP contribution in [0.3, 0.4) is 0 Å². The van der Waals surface area contributed by atoms with Crippen LogP contribution < -0.4 is 21.3 Å². The van der Waals surface area contributed by atoms with Crippen LogP contribution in [-0.2, 0) is 77.0 Å². The molecule has 0 radical (unpaired) electrons. The van der Waals surface area contributed by atoms with Crippen molar-refractivity contribution in [2.75, 3.05) is 119 Å². The molecule has 4 N–H and O–H groups in total. The van der Waals surface area contributed by atoms with E-state index in [1.54, 1.807) is 24.3 Å². The van der Waals surface area contributed by atoms with Gasteiger partial charge in [0.05, 0.1) is 58.1 Å². The van der Waals surface area contributed by atoms with Crippen LogP contribution >= 0.6 is 11.8 Å². The summed E-state index contributed by atoms with van der Waals surface area (Å²) in [5.41, 5.74) is 2.28. The Morgan fingerprint density at radius 3 is 1.29 bits per heavy atom. The van der Waals surface area contributed by atoms with Crippen LogP contribution in [0.2, 0.25) is 0 Å². The van der Waals surface area contributed by atoms with E-state index in [4.69, 9.17) is 14.2 Å². The molecule has 24 heteroatoms. The molecular weight excluding hydrogens is 1180 g/mol. The number of Topliss-reactive ketones (excluding diaryl/α,β-unsaturated/α-hetero) is 1. The zero-order valence-corrected chi connectivity index (χ0v) is 55.3. The zero-order chi connectivity index (χ0) is 66.2. The molecule has 502 valence electrons. The van der Waals surface area contributed by atoms with Crippen LogP contribution in [-0.4, -0.2) is 225 Å². The van der Waals surface area contributed by atoms with E-state index in [9.17, 15) is 47.9 Å². The Morgan fingerprint density at radius 1 is 0.484 bits per heavy atom. The fourth-order valence-corrected chi connectivity index (χ4v) is 11.8. The average molecular weight is 1290 g/mol. The predicted octanol–water partition coefficient (Wildman–Crippen LogP) is 5.19. The predicted molar refractivity (Wildman–Crippen MR) is 350 cm³/mol. The zero-order valence-electron chi connectivity index (χ0n) is 54.5. The molecule has 0 saturated carbocycles. The van der Waals surface area contributed by atoms with Gasteiger partial charge in [0.2, 0.25) is 47.3 Å². The van der Waals surface area contributed by atoms with Crippen molar-refractivity contribution in [3.05, 3.63) is 108 Å². The summed E-state index contributed by atoms with van der Waals surface area (Å²) in [6, 6.07) is 27.8. The lowest BCUT2D eigenvalue weighted by molar-refractivity contribution is -0.149. The summed E-state index contributed by atoms with van der Waals surface area (Å²) < 4.78 is 15.7. The molecule has 91 heavy (non-hydrogen) atoms. The molecule has 2 heterocycles. The SMILES string of the molecule is CCCCCCNC(=O)CCCCCNC(=O)CCCCC1SC[C@@H]2NC(=O)N[C@H]12.COCCN(CC(=O)N(CC(=O)N(CCOC)CC(=O)N(CC(=O)N(CCOC)CC(=O)N(CC(C)=O)Cc1ccccc1)Cc1ccccc1)Cc1ccccc1)C(C)=O. The minimum absolute atomic E-state index is 0.00314. The molecule has 3 atom stereocenters. The molecule has 0 bridgehead atoms. The number of hydrogen-bond donors (Lipinski definition) is 4. The third kappa shape index (κ3) is 30.5. The minimum atomic E-state index is -0.565. The number of urea groups is 1. The number of methoxy groups -OCH3 is 3. The van der Waals surface area contributed by atoms with Gasteiger partial charge in [0, 0.05) is 104 Å². The maximum atomic E-state index is 14.3. The molecule has 23 nitrogen and oxygen atoms in total. The Labute approximate surface area is 542 Å². The third-order valence-corrected chi connectivity index (χ3v) is 16.9. The number of carbonyl (C=O) groups excluding carboxylic acids is 10. The Hall–Kier alpha value is -7.41. The normalized spacial score (nSPS) is 14.5. The average Bonchev–Trinajstić information content (AvgIpc) is 1.81. The maximum absolute atomic E-state index is 14.3. The topological polar surface area (TPSA) is 266 Å². The summed E-state index contributed by atoms with van der Waals surface area (Å²) in [5.74, 6) is -1.91. The lowest BCUT2D eigenvalue weighted by Gasteiger charge is -2.32. The van der Waals surface area contributed by atoms with Gasteiger partial charge >= 0.3 is 6.03 Å². The van der Waals surface area contributed by atoms with Gasteiger partial charge in [-0.25, -0.2) is 4.79 Å². The first-order valence-electron chi connectivity index (χ1n) is 31.9. The number of carbonyl (C=O) groups is 10. The molecule has 0 spiro atoms. The Kier molecular flexibility index (Phi) is 36.9. The van der Waals surface area contributed by atoms with Crippen LogP contribution in [0.15, 0.2) is 91.0 Å². The number of thioether (sulfide) groups is 1. The van der Waals surface area contributed by atoms with Gasteiger partial charge in [0.25, 0.3) is 0 Å². The number of benzene rings is 3. The van der Waals surface area contributed by atoms with Gasteiger partial charge < -0.3 is 64.9 Å². The standard InChI is InChI=1S/C45H60N6O10.C22H40N4O3S/c1-36(52)27-49(28-38-15-9-6-10-16-38)44(57)32-47(22-25-60-4)42(55)35-51(30-40-19-13-8-14-20-40)45(58)33-48(23-26-61-5)41(54)34-50(29-39-17-11-7-12-18-39)43(56)31-46(37(2)53)21-24-59-3;1-2-3-4-9-14-23-19(27)12-6-5-10-15-24-20(28)13-8-7-11-18-21-17(16-30-18)25-22(29)26-21/h6-20H,21-35H2,1-5H3;17-18,21H,2-16H2,1H3,(H,23,27)(H,24,28)(H2,25,26,29)/t;17-,18?,21-/m.0/s1. The van der Waals surface area contributed by atoms with Crippen LogP contribution in [0.5, 0.6) is 0 Å². The number of nitrogens with zero attached hydrogens (tertiary/aromatic N) is 6. The van der Waals surface area contributed by atoms with Gasteiger partial charge in [-0.05, 0) is 55.7 Å². The van der Waals surface area contributed by atoms with Crippen LogP contribution in [0.25, 0.3) is 0 Å². The van der Waals surface area contributed by atoms with E-state index in [1.165, 1.54) is 83.8 Å². The largest absolute Gasteiger partial charge is 0.383 e. The lowest BCUT2D eigenvalue weighted by atomic mass is 10.0. The van der Waals surface area contributed by atoms with Crippen molar-refractivity contribution in [2.45, 2.75) is 135 Å². The van der Waals surface area contributed by atoms with Crippen molar-refractivity contribution in [3.8, 4) is 0 Å².